The maximum atomic E-state index is 6.02. The number of thiocarbonyl (C=S) groups is 1. The third-order valence-corrected chi connectivity index (χ3v) is 3.24. The molecule has 0 saturated heterocycles. The molecule has 1 aromatic heterocycles. The molecule has 3 nitrogen and oxygen atoms in total. The van der Waals surface area contributed by atoms with E-state index in [1.54, 1.807) is 13.2 Å². The molecular formula is C14H13ClN2OS. The Balaban J connectivity index is 2.56. The lowest BCUT2D eigenvalue weighted by Gasteiger charge is -2.10. The van der Waals surface area contributed by atoms with Crippen LogP contribution in [0.15, 0.2) is 30.3 Å². The molecule has 0 aliphatic carbocycles. The van der Waals surface area contributed by atoms with Gasteiger partial charge in [-0.1, -0.05) is 23.8 Å². The molecule has 1 aromatic carbocycles. The minimum atomic E-state index is 0.342. The highest BCUT2D eigenvalue weighted by Crippen LogP contribution is 2.31. The summed E-state index contributed by atoms with van der Waals surface area (Å²) in [6.45, 7) is 1.87. The summed E-state index contributed by atoms with van der Waals surface area (Å²) in [7, 11) is 1.61. The van der Waals surface area contributed by atoms with E-state index in [-0.39, 0.29) is 0 Å². The highest BCUT2D eigenvalue weighted by atomic mass is 35.5. The molecule has 0 aliphatic heterocycles. The van der Waals surface area contributed by atoms with Crippen molar-refractivity contribution in [2.45, 2.75) is 6.92 Å². The van der Waals surface area contributed by atoms with E-state index in [1.807, 2.05) is 31.2 Å². The SMILES string of the molecule is COc1ccc(Cl)cc1-c1ccc(C(N)=S)c(C)n1. The lowest BCUT2D eigenvalue weighted by Crippen LogP contribution is -2.12. The van der Waals surface area contributed by atoms with E-state index < -0.39 is 0 Å². The van der Waals surface area contributed by atoms with Gasteiger partial charge in [-0.25, -0.2) is 0 Å². The van der Waals surface area contributed by atoms with Gasteiger partial charge in [-0.15, -0.1) is 0 Å². The standard InChI is InChI=1S/C14H13ClN2OS/c1-8-10(14(16)19)4-5-12(17-8)11-7-9(15)3-6-13(11)18-2/h3-7H,1-2H3,(H2,16,19). The molecule has 0 spiro atoms. The number of aromatic nitrogens is 1. The van der Waals surface area contributed by atoms with Crippen molar-refractivity contribution in [3.05, 3.63) is 46.6 Å². The lowest BCUT2D eigenvalue weighted by atomic mass is 10.1. The zero-order chi connectivity index (χ0) is 14.0. The number of methoxy groups -OCH3 is 1. The molecule has 19 heavy (non-hydrogen) atoms. The Bertz CT molecular complexity index is 643. The first-order valence-electron chi connectivity index (χ1n) is 5.64. The second-order valence-corrected chi connectivity index (χ2v) is 4.91. The number of pyridine rings is 1. The molecule has 2 aromatic rings. The van der Waals surface area contributed by atoms with E-state index in [9.17, 15) is 0 Å². The maximum Gasteiger partial charge on any atom is 0.128 e. The van der Waals surface area contributed by atoms with Crippen LogP contribution in [0.2, 0.25) is 5.02 Å². The van der Waals surface area contributed by atoms with Crippen LogP contribution in [0.4, 0.5) is 0 Å². The van der Waals surface area contributed by atoms with Gasteiger partial charge in [0, 0.05) is 21.8 Å². The van der Waals surface area contributed by atoms with Gasteiger partial charge >= 0.3 is 0 Å². The number of nitrogens with two attached hydrogens (primary N) is 1. The number of halogens is 1. The Labute approximate surface area is 122 Å². The third-order valence-electron chi connectivity index (χ3n) is 2.79. The molecule has 0 bridgehead atoms. The van der Waals surface area contributed by atoms with Gasteiger partial charge < -0.3 is 10.5 Å². The zero-order valence-corrected chi connectivity index (χ0v) is 12.2. The molecule has 0 atom stereocenters. The van der Waals surface area contributed by atoms with Crippen molar-refractivity contribution in [3.8, 4) is 17.0 Å². The number of nitrogens with zero attached hydrogens (tertiary/aromatic N) is 1. The van der Waals surface area contributed by atoms with Gasteiger partial charge in [0.25, 0.3) is 0 Å². The normalized spacial score (nSPS) is 10.3. The average molecular weight is 293 g/mol. The van der Waals surface area contributed by atoms with Crippen molar-refractivity contribution in [2.75, 3.05) is 7.11 Å². The van der Waals surface area contributed by atoms with E-state index in [1.165, 1.54) is 0 Å². The summed E-state index contributed by atoms with van der Waals surface area (Å²) >= 11 is 11.0. The largest absolute Gasteiger partial charge is 0.496 e. The van der Waals surface area contributed by atoms with E-state index in [2.05, 4.69) is 4.98 Å². The molecule has 2 rings (SSSR count). The summed E-state index contributed by atoms with van der Waals surface area (Å²) in [4.78, 5) is 4.85. The summed E-state index contributed by atoms with van der Waals surface area (Å²) < 4.78 is 5.32. The van der Waals surface area contributed by atoms with Crippen molar-refractivity contribution < 1.29 is 4.74 Å². The molecule has 0 aliphatic rings. The van der Waals surface area contributed by atoms with Crippen LogP contribution in [-0.4, -0.2) is 17.1 Å². The first-order valence-corrected chi connectivity index (χ1v) is 6.43. The van der Waals surface area contributed by atoms with Crippen LogP contribution < -0.4 is 10.5 Å². The molecule has 1 heterocycles. The molecular weight excluding hydrogens is 280 g/mol. The monoisotopic (exact) mass is 292 g/mol. The van der Waals surface area contributed by atoms with Gasteiger partial charge in [-0.05, 0) is 37.3 Å². The van der Waals surface area contributed by atoms with E-state index >= 15 is 0 Å². The zero-order valence-electron chi connectivity index (χ0n) is 10.6. The smallest absolute Gasteiger partial charge is 0.128 e. The second kappa shape index (κ2) is 5.55. The van der Waals surface area contributed by atoms with Gasteiger partial charge in [0.1, 0.15) is 10.7 Å². The molecule has 0 fully saturated rings. The Hall–Kier alpha value is -1.65. The predicted molar refractivity (Wildman–Crippen MR) is 81.9 cm³/mol. The minimum Gasteiger partial charge on any atom is -0.496 e. The van der Waals surface area contributed by atoms with Crippen LogP contribution in [0.25, 0.3) is 11.3 Å². The number of benzene rings is 1. The topological polar surface area (TPSA) is 48.1 Å². The number of hydrogen-bond acceptors (Lipinski definition) is 3. The van der Waals surface area contributed by atoms with Gasteiger partial charge in [0.2, 0.25) is 0 Å². The predicted octanol–water partition coefficient (Wildman–Crippen LogP) is 3.35. The lowest BCUT2D eigenvalue weighted by molar-refractivity contribution is 0.416. The summed E-state index contributed by atoms with van der Waals surface area (Å²) in [5, 5.41) is 0.633. The van der Waals surface area contributed by atoms with Crippen molar-refractivity contribution in [2.24, 2.45) is 5.73 Å². The van der Waals surface area contributed by atoms with E-state index in [0.29, 0.717) is 10.0 Å². The second-order valence-electron chi connectivity index (χ2n) is 4.04. The fourth-order valence-electron chi connectivity index (χ4n) is 1.85. The van der Waals surface area contributed by atoms with Crippen molar-refractivity contribution in [1.82, 2.24) is 4.98 Å². The van der Waals surface area contributed by atoms with Crippen LogP contribution in [0, 0.1) is 6.92 Å². The van der Waals surface area contributed by atoms with Gasteiger partial charge in [0.15, 0.2) is 0 Å². The summed E-state index contributed by atoms with van der Waals surface area (Å²) in [6, 6.07) is 9.13. The summed E-state index contributed by atoms with van der Waals surface area (Å²) in [6.07, 6.45) is 0. The number of aryl methyl sites for hydroxylation is 1. The molecule has 0 amide bonds. The molecule has 0 saturated carbocycles. The maximum absolute atomic E-state index is 6.02. The van der Waals surface area contributed by atoms with Crippen molar-refractivity contribution >= 4 is 28.8 Å². The summed E-state index contributed by atoms with van der Waals surface area (Å²) in [5.74, 6) is 0.722. The average Bonchev–Trinajstić information content (AvgIpc) is 2.38. The Morgan fingerprint density at radius 1 is 1.32 bits per heavy atom. The first-order chi connectivity index (χ1) is 9.02. The Morgan fingerprint density at radius 3 is 2.63 bits per heavy atom. The quantitative estimate of drug-likeness (QED) is 0.881. The van der Waals surface area contributed by atoms with Crippen molar-refractivity contribution in [1.29, 1.82) is 0 Å². The molecule has 2 N–H and O–H groups in total. The van der Waals surface area contributed by atoms with Gasteiger partial charge in [0.05, 0.1) is 12.8 Å². The minimum absolute atomic E-state index is 0.342. The first kappa shape index (κ1) is 13.8. The third kappa shape index (κ3) is 2.85. The van der Waals surface area contributed by atoms with Crippen molar-refractivity contribution in [3.63, 3.8) is 0 Å². The number of ether oxygens (including phenoxy) is 1. The molecule has 5 heteroatoms. The Kier molecular flexibility index (Phi) is 4.02. The van der Waals surface area contributed by atoms with Gasteiger partial charge in [-0.3, -0.25) is 4.98 Å². The highest BCUT2D eigenvalue weighted by molar-refractivity contribution is 7.80. The fraction of sp³-hybridized carbons (Fsp3) is 0.143. The molecule has 0 unspecified atom stereocenters. The van der Waals surface area contributed by atoms with Crippen LogP contribution in [-0.2, 0) is 0 Å². The van der Waals surface area contributed by atoms with E-state index in [0.717, 1.165) is 28.3 Å². The van der Waals surface area contributed by atoms with E-state index in [4.69, 9.17) is 34.3 Å². The van der Waals surface area contributed by atoms with Crippen LogP contribution >= 0.6 is 23.8 Å². The molecule has 0 radical (unpaired) electrons. The van der Waals surface area contributed by atoms with Crippen LogP contribution in [0.5, 0.6) is 5.75 Å². The van der Waals surface area contributed by atoms with Gasteiger partial charge in [-0.2, -0.15) is 0 Å². The number of rotatable bonds is 3. The Morgan fingerprint density at radius 2 is 2.05 bits per heavy atom. The summed E-state index contributed by atoms with van der Waals surface area (Å²) in [5.41, 5.74) is 8.81. The fourth-order valence-corrected chi connectivity index (χ4v) is 2.24. The highest BCUT2D eigenvalue weighted by Gasteiger charge is 2.10. The molecule has 98 valence electrons. The van der Waals surface area contributed by atoms with Crippen LogP contribution in [0.1, 0.15) is 11.3 Å². The van der Waals surface area contributed by atoms with Crippen LogP contribution in [0.3, 0.4) is 0 Å². The number of hydrogen-bond donors (Lipinski definition) is 1.